The Labute approximate surface area is 187 Å². The van der Waals surface area contributed by atoms with Crippen molar-refractivity contribution in [3.8, 4) is 11.5 Å². The number of nitrogens with one attached hydrogen (secondary N) is 1. The number of para-hydroxylation sites is 2. The van der Waals surface area contributed by atoms with Gasteiger partial charge in [0.05, 0.1) is 31.2 Å². The maximum Gasteiger partial charge on any atom is 0.251 e. The van der Waals surface area contributed by atoms with Crippen molar-refractivity contribution in [3.05, 3.63) is 89.2 Å². The molecule has 3 aromatic carbocycles. The molecular formula is C26H27N3O3. The van der Waals surface area contributed by atoms with Crippen molar-refractivity contribution in [2.24, 2.45) is 0 Å². The van der Waals surface area contributed by atoms with Crippen LogP contribution in [-0.4, -0.2) is 29.2 Å². The summed E-state index contributed by atoms with van der Waals surface area (Å²) in [5.74, 6) is 2.12. The summed E-state index contributed by atoms with van der Waals surface area (Å²) in [5.41, 5.74) is 4.81. The number of fused-ring (bicyclic) bond motifs is 1. The minimum atomic E-state index is -0.172. The second-order valence-electron chi connectivity index (χ2n) is 7.75. The van der Waals surface area contributed by atoms with Gasteiger partial charge in [-0.2, -0.15) is 0 Å². The number of benzene rings is 3. The molecule has 32 heavy (non-hydrogen) atoms. The molecule has 164 valence electrons. The molecule has 0 bridgehead atoms. The molecule has 0 aliphatic heterocycles. The van der Waals surface area contributed by atoms with Crippen LogP contribution in [0.3, 0.4) is 0 Å². The maximum atomic E-state index is 12.6. The molecule has 1 heterocycles. The molecule has 0 radical (unpaired) electrons. The number of hydrogen-bond donors (Lipinski definition) is 1. The molecule has 0 saturated carbocycles. The largest absolute Gasteiger partial charge is 0.497 e. The molecule has 6 nitrogen and oxygen atoms in total. The summed E-state index contributed by atoms with van der Waals surface area (Å²) in [6.07, 6.45) is 0. The zero-order valence-electron chi connectivity index (χ0n) is 18.6. The van der Waals surface area contributed by atoms with Gasteiger partial charge < -0.3 is 19.4 Å². The number of nitrogens with zero attached hydrogens (tertiary/aromatic N) is 2. The van der Waals surface area contributed by atoms with Gasteiger partial charge in [0.1, 0.15) is 23.9 Å². The molecule has 1 aromatic heterocycles. The van der Waals surface area contributed by atoms with Gasteiger partial charge in [0, 0.05) is 5.56 Å². The lowest BCUT2D eigenvalue weighted by molar-refractivity contribution is 0.0949. The van der Waals surface area contributed by atoms with E-state index in [9.17, 15) is 4.79 Å². The number of methoxy groups -OCH3 is 1. The SMILES string of the molecule is COc1cccc(C(=O)NCc2nc3ccccc3n2CCOc2cc(C)cc(C)c2)c1. The first-order valence-electron chi connectivity index (χ1n) is 10.6. The van der Waals surface area contributed by atoms with Crippen molar-refractivity contribution in [1.29, 1.82) is 0 Å². The second-order valence-corrected chi connectivity index (χ2v) is 7.75. The van der Waals surface area contributed by atoms with Crippen LogP contribution in [0.25, 0.3) is 11.0 Å². The fourth-order valence-electron chi connectivity index (χ4n) is 3.81. The van der Waals surface area contributed by atoms with Crippen molar-refractivity contribution in [1.82, 2.24) is 14.9 Å². The molecule has 0 saturated heterocycles. The molecular weight excluding hydrogens is 402 g/mol. The zero-order valence-corrected chi connectivity index (χ0v) is 18.6. The number of hydrogen-bond acceptors (Lipinski definition) is 4. The summed E-state index contributed by atoms with van der Waals surface area (Å²) >= 11 is 0. The molecule has 0 aliphatic carbocycles. The number of rotatable bonds is 8. The van der Waals surface area contributed by atoms with Crippen molar-refractivity contribution >= 4 is 16.9 Å². The predicted molar refractivity (Wildman–Crippen MR) is 125 cm³/mol. The van der Waals surface area contributed by atoms with Crippen LogP contribution < -0.4 is 14.8 Å². The molecule has 4 aromatic rings. The lowest BCUT2D eigenvalue weighted by Gasteiger charge is -2.12. The van der Waals surface area contributed by atoms with Crippen LogP contribution >= 0.6 is 0 Å². The number of aromatic nitrogens is 2. The standard InChI is InChI=1S/C26H27N3O3/c1-18-13-19(2)15-22(14-18)32-12-11-29-24-10-5-4-9-23(24)28-25(29)17-27-26(30)20-7-6-8-21(16-20)31-3/h4-10,13-16H,11-12,17H2,1-3H3,(H,27,30). The maximum absolute atomic E-state index is 12.6. The fourth-order valence-corrected chi connectivity index (χ4v) is 3.81. The Morgan fingerprint density at radius 1 is 0.969 bits per heavy atom. The van der Waals surface area contributed by atoms with Crippen molar-refractivity contribution in [2.45, 2.75) is 26.9 Å². The summed E-state index contributed by atoms with van der Waals surface area (Å²) in [6.45, 7) is 5.56. The van der Waals surface area contributed by atoms with Crippen LogP contribution in [0.1, 0.15) is 27.3 Å². The van der Waals surface area contributed by atoms with Gasteiger partial charge in [-0.05, 0) is 67.4 Å². The normalized spacial score (nSPS) is 10.8. The van der Waals surface area contributed by atoms with Crippen LogP contribution in [0, 0.1) is 13.8 Å². The minimum Gasteiger partial charge on any atom is -0.497 e. The van der Waals surface area contributed by atoms with Gasteiger partial charge in [-0.25, -0.2) is 4.98 Å². The Morgan fingerprint density at radius 2 is 1.75 bits per heavy atom. The quantitative estimate of drug-likeness (QED) is 0.442. The number of ether oxygens (including phenoxy) is 2. The van der Waals surface area contributed by atoms with E-state index in [1.54, 1.807) is 25.3 Å². The number of amides is 1. The van der Waals surface area contributed by atoms with Crippen LogP contribution in [0.4, 0.5) is 0 Å². The summed E-state index contributed by atoms with van der Waals surface area (Å²) in [7, 11) is 1.58. The highest BCUT2D eigenvalue weighted by molar-refractivity contribution is 5.94. The van der Waals surface area contributed by atoms with E-state index in [1.807, 2.05) is 42.5 Å². The molecule has 0 unspecified atom stereocenters. The summed E-state index contributed by atoms with van der Waals surface area (Å²) < 4.78 is 13.3. The van der Waals surface area contributed by atoms with Crippen molar-refractivity contribution in [2.75, 3.05) is 13.7 Å². The first kappa shape index (κ1) is 21.4. The van der Waals surface area contributed by atoms with E-state index in [2.05, 4.69) is 29.8 Å². The molecule has 0 aliphatic rings. The number of carbonyl (C=O) groups is 1. The van der Waals surface area contributed by atoms with E-state index in [0.29, 0.717) is 31.0 Å². The van der Waals surface area contributed by atoms with Gasteiger partial charge >= 0.3 is 0 Å². The van der Waals surface area contributed by atoms with Gasteiger partial charge in [0.15, 0.2) is 0 Å². The van der Waals surface area contributed by atoms with Gasteiger partial charge in [-0.3, -0.25) is 4.79 Å². The first-order valence-corrected chi connectivity index (χ1v) is 10.6. The average molecular weight is 430 g/mol. The van der Waals surface area contributed by atoms with E-state index in [4.69, 9.17) is 14.5 Å². The third kappa shape index (κ3) is 4.91. The van der Waals surface area contributed by atoms with Crippen molar-refractivity contribution < 1.29 is 14.3 Å². The fraction of sp³-hybridized carbons (Fsp3) is 0.231. The topological polar surface area (TPSA) is 65.4 Å². The highest BCUT2D eigenvalue weighted by Crippen LogP contribution is 2.19. The van der Waals surface area contributed by atoms with Gasteiger partial charge in [0.25, 0.3) is 5.91 Å². The lowest BCUT2D eigenvalue weighted by Crippen LogP contribution is -2.25. The summed E-state index contributed by atoms with van der Waals surface area (Å²) in [4.78, 5) is 17.4. The lowest BCUT2D eigenvalue weighted by atomic mass is 10.1. The highest BCUT2D eigenvalue weighted by atomic mass is 16.5. The smallest absolute Gasteiger partial charge is 0.251 e. The molecule has 0 spiro atoms. The zero-order chi connectivity index (χ0) is 22.5. The van der Waals surface area contributed by atoms with E-state index in [1.165, 1.54) is 11.1 Å². The van der Waals surface area contributed by atoms with E-state index < -0.39 is 0 Å². The molecule has 0 atom stereocenters. The van der Waals surface area contributed by atoms with E-state index in [-0.39, 0.29) is 5.91 Å². The van der Waals surface area contributed by atoms with Crippen LogP contribution in [0.5, 0.6) is 11.5 Å². The number of imidazole rings is 1. The van der Waals surface area contributed by atoms with Gasteiger partial charge in [0.2, 0.25) is 0 Å². The van der Waals surface area contributed by atoms with E-state index >= 15 is 0 Å². The molecule has 1 N–H and O–H groups in total. The average Bonchev–Trinajstić information content (AvgIpc) is 3.14. The molecule has 4 rings (SSSR count). The van der Waals surface area contributed by atoms with Gasteiger partial charge in [-0.1, -0.05) is 24.3 Å². The van der Waals surface area contributed by atoms with Crippen LogP contribution in [0.15, 0.2) is 66.7 Å². The number of carbonyl (C=O) groups excluding carboxylic acids is 1. The summed E-state index contributed by atoms with van der Waals surface area (Å²) in [6, 6.07) is 21.3. The Bertz CT molecular complexity index is 1230. The van der Waals surface area contributed by atoms with Crippen molar-refractivity contribution in [3.63, 3.8) is 0 Å². The third-order valence-corrected chi connectivity index (χ3v) is 5.25. The first-order chi connectivity index (χ1) is 15.5. The van der Waals surface area contributed by atoms with Crippen LogP contribution in [-0.2, 0) is 13.1 Å². The molecule has 1 amide bonds. The Hall–Kier alpha value is -3.80. The minimum absolute atomic E-state index is 0.172. The van der Waals surface area contributed by atoms with Crippen LogP contribution in [0.2, 0.25) is 0 Å². The second kappa shape index (κ2) is 9.56. The molecule has 0 fully saturated rings. The monoisotopic (exact) mass is 429 g/mol. The Morgan fingerprint density at radius 3 is 2.53 bits per heavy atom. The molecule has 6 heteroatoms. The Kier molecular flexibility index (Phi) is 6.40. The predicted octanol–water partition coefficient (Wildman–Crippen LogP) is 4.67. The number of aryl methyl sites for hydroxylation is 2. The third-order valence-electron chi connectivity index (χ3n) is 5.25. The Balaban J connectivity index is 1.49. The summed E-state index contributed by atoms with van der Waals surface area (Å²) in [5, 5.41) is 2.97. The van der Waals surface area contributed by atoms with Gasteiger partial charge in [-0.15, -0.1) is 0 Å². The highest BCUT2D eigenvalue weighted by Gasteiger charge is 2.13. The van der Waals surface area contributed by atoms with E-state index in [0.717, 1.165) is 22.6 Å².